The summed E-state index contributed by atoms with van der Waals surface area (Å²) in [6.45, 7) is 11.3. The minimum Gasteiger partial charge on any atom is -0.166 e. The number of benzene rings is 1. The van der Waals surface area contributed by atoms with Gasteiger partial charge in [-0.2, -0.15) is 13.2 Å². The Kier molecular flexibility index (Phi) is 5.57. The molecule has 20 heavy (non-hydrogen) atoms. The predicted molar refractivity (Wildman–Crippen MR) is 81.8 cm³/mol. The second kappa shape index (κ2) is 6.75. The first kappa shape index (κ1) is 16.5. The smallest absolute Gasteiger partial charge is 0.166 e. The van der Waals surface area contributed by atoms with E-state index in [1.165, 1.54) is 0 Å². The van der Waals surface area contributed by atoms with Gasteiger partial charge in [0.05, 0.1) is 13.6 Å². The maximum atomic E-state index is 12.6. The summed E-state index contributed by atoms with van der Waals surface area (Å²) >= 11 is 0. The lowest BCUT2D eigenvalue weighted by Gasteiger charge is -2.29. The SMILES string of the molecule is C=CC[Si](CC=C)(CC=C)c1ccc(C(F)(F)F)cc1. The third-order valence-electron chi connectivity index (χ3n) is 3.43. The van der Waals surface area contributed by atoms with E-state index in [1.54, 1.807) is 12.1 Å². The molecule has 0 unspecified atom stereocenters. The molecule has 0 nitrogen and oxygen atoms in total. The van der Waals surface area contributed by atoms with Crippen molar-refractivity contribution in [3.05, 3.63) is 67.8 Å². The lowest BCUT2D eigenvalue weighted by atomic mass is 10.2. The second-order valence-electron chi connectivity index (χ2n) is 4.83. The first-order chi connectivity index (χ1) is 9.39. The summed E-state index contributed by atoms with van der Waals surface area (Å²) in [6, 6.07) is 7.93. The van der Waals surface area contributed by atoms with Crippen molar-refractivity contribution in [2.75, 3.05) is 0 Å². The van der Waals surface area contributed by atoms with Gasteiger partial charge in [0.1, 0.15) is 0 Å². The zero-order valence-electron chi connectivity index (χ0n) is 11.4. The quantitative estimate of drug-likeness (QED) is 0.495. The summed E-state index contributed by atoms with van der Waals surface area (Å²) < 4.78 is 37.9. The van der Waals surface area contributed by atoms with Crippen molar-refractivity contribution in [2.45, 2.75) is 24.3 Å². The minimum atomic E-state index is -4.29. The van der Waals surface area contributed by atoms with Crippen LogP contribution in [0.1, 0.15) is 5.56 Å². The average Bonchev–Trinajstić information content (AvgIpc) is 2.38. The molecule has 0 spiro atoms. The fourth-order valence-corrected chi connectivity index (χ4v) is 6.18. The van der Waals surface area contributed by atoms with Crippen molar-refractivity contribution in [2.24, 2.45) is 0 Å². The van der Waals surface area contributed by atoms with E-state index in [1.807, 2.05) is 18.2 Å². The summed E-state index contributed by atoms with van der Waals surface area (Å²) in [5.74, 6) is 0. The zero-order chi connectivity index (χ0) is 15.2. The van der Waals surface area contributed by atoms with E-state index < -0.39 is 19.8 Å². The maximum absolute atomic E-state index is 12.6. The molecular weight excluding hydrogens is 277 g/mol. The number of hydrogen-bond donors (Lipinski definition) is 0. The van der Waals surface area contributed by atoms with E-state index in [0.717, 1.165) is 35.5 Å². The van der Waals surface area contributed by atoms with Gasteiger partial charge in [-0.25, -0.2) is 0 Å². The van der Waals surface area contributed by atoms with Crippen molar-refractivity contribution in [3.63, 3.8) is 0 Å². The van der Waals surface area contributed by atoms with Crippen LogP contribution < -0.4 is 5.19 Å². The Balaban J connectivity index is 3.22. The molecule has 0 heterocycles. The van der Waals surface area contributed by atoms with Gasteiger partial charge >= 0.3 is 6.18 Å². The van der Waals surface area contributed by atoms with E-state index >= 15 is 0 Å². The predicted octanol–water partition coefficient (Wildman–Crippen LogP) is 4.92. The normalized spacial score (nSPS) is 11.9. The highest BCUT2D eigenvalue weighted by Gasteiger charge is 2.34. The number of halogens is 3. The van der Waals surface area contributed by atoms with E-state index in [2.05, 4.69) is 19.7 Å². The molecule has 1 aromatic carbocycles. The highest BCUT2D eigenvalue weighted by molar-refractivity contribution is 6.92. The molecule has 0 saturated carbocycles. The Morgan fingerprint density at radius 3 is 1.55 bits per heavy atom. The number of hydrogen-bond acceptors (Lipinski definition) is 0. The Morgan fingerprint density at radius 2 is 1.25 bits per heavy atom. The van der Waals surface area contributed by atoms with E-state index in [9.17, 15) is 13.2 Å². The van der Waals surface area contributed by atoms with Crippen molar-refractivity contribution in [1.82, 2.24) is 0 Å². The summed E-state index contributed by atoms with van der Waals surface area (Å²) in [6.07, 6.45) is 1.24. The maximum Gasteiger partial charge on any atom is 0.416 e. The molecule has 0 atom stereocenters. The van der Waals surface area contributed by atoms with Crippen LogP contribution in [-0.4, -0.2) is 8.07 Å². The van der Waals surface area contributed by atoms with Gasteiger partial charge in [0, 0.05) is 0 Å². The van der Waals surface area contributed by atoms with Gasteiger partial charge in [-0.15, -0.1) is 19.7 Å². The van der Waals surface area contributed by atoms with E-state index in [-0.39, 0.29) is 0 Å². The lowest BCUT2D eigenvalue weighted by molar-refractivity contribution is -0.137. The van der Waals surface area contributed by atoms with Crippen LogP contribution in [-0.2, 0) is 6.18 Å². The molecule has 0 bridgehead atoms. The lowest BCUT2D eigenvalue weighted by Crippen LogP contribution is -2.46. The summed E-state index contributed by atoms with van der Waals surface area (Å²) in [7, 11) is -1.98. The van der Waals surface area contributed by atoms with Crippen molar-refractivity contribution < 1.29 is 13.2 Å². The molecule has 0 fully saturated rings. The van der Waals surface area contributed by atoms with Gasteiger partial charge in [0.2, 0.25) is 0 Å². The fourth-order valence-electron chi connectivity index (χ4n) is 2.45. The van der Waals surface area contributed by atoms with Gasteiger partial charge in [-0.1, -0.05) is 47.7 Å². The fraction of sp³-hybridized carbons (Fsp3) is 0.250. The standard InChI is InChI=1S/C16H19F3Si/c1-4-11-20(12-5-2,13-6-3)15-9-7-14(8-10-15)16(17,18)19/h4-10H,1-3,11-13H2. The highest BCUT2D eigenvalue weighted by Crippen LogP contribution is 2.29. The molecular formula is C16H19F3Si. The van der Waals surface area contributed by atoms with Crippen LogP contribution >= 0.6 is 0 Å². The van der Waals surface area contributed by atoms with Crippen molar-refractivity contribution in [3.8, 4) is 0 Å². The third kappa shape index (κ3) is 3.73. The zero-order valence-corrected chi connectivity index (χ0v) is 12.4. The molecule has 0 saturated heterocycles. The summed E-state index contributed by atoms with van der Waals surface area (Å²) in [5.41, 5.74) is -0.611. The largest absolute Gasteiger partial charge is 0.416 e. The van der Waals surface area contributed by atoms with Crippen LogP contribution in [0, 0.1) is 0 Å². The van der Waals surface area contributed by atoms with E-state index in [4.69, 9.17) is 0 Å². The highest BCUT2D eigenvalue weighted by atomic mass is 28.3. The van der Waals surface area contributed by atoms with Gasteiger partial charge in [0.15, 0.2) is 0 Å². The first-order valence-electron chi connectivity index (χ1n) is 6.40. The molecule has 0 radical (unpaired) electrons. The minimum absolute atomic E-state index is 0.611. The third-order valence-corrected chi connectivity index (χ3v) is 8.20. The molecule has 1 rings (SSSR count). The molecule has 0 aliphatic rings. The molecule has 1 aromatic rings. The van der Waals surface area contributed by atoms with Crippen molar-refractivity contribution in [1.29, 1.82) is 0 Å². The van der Waals surface area contributed by atoms with Crippen LogP contribution in [0.2, 0.25) is 18.1 Å². The molecule has 0 aliphatic carbocycles. The van der Waals surface area contributed by atoms with E-state index in [0.29, 0.717) is 0 Å². The van der Waals surface area contributed by atoms with Crippen molar-refractivity contribution >= 4 is 13.3 Å². The van der Waals surface area contributed by atoms with Gasteiger partial charge in [0.25, 0.3) is 0 Å². The topological polar surface area (TPSA) is 0 Å². The van der Waals surface area contributed by atoms with Crippen LogP contribution in [0.25, 0.3) is 0 Å². The summed E-state index contributed by atoms with van der Waals surface area (Å²) in [4.78, 5) is 0. The van der Waals surface area contributed by atoms with Crippen LogP contribution in [0.5, 0.6) is 0 Å². The van der Waals surface area contributed by atoms with Gasteiger partial charge < -0.3 is 0 Å². The Labute approximate surface area is 119 Å². The Hall–Kier alpha value is -1.55. The summed E-state index contributed by atoms with van der Waals surface area (Å²) in [5, 5.41) is 0.991. The molecule has 0 aromatic heterocycles. The monoisotopic (exact) mass is 296 g/mol. The number of rotatable bonds is 7. The number of alkyl halides is 3. The molecule has 0 aliphatic heterocycles. The first-order valence-corrected chi connectivity index (χ1v) is 9.02. The molecule has 4 heteroatoms. The molecule has 0 N–H and O–H groups in total. The van der Waals surface area contributed by atoms with Gasteiger partial charge in [-0.05, 0) is 18.1 Å². The van der Waals surface area contributed by atoms with Crippen LogP contribution in [0.15, 0.2) is 62.2 Å². The molecule has 108 valence electrons. The van der Waals surface area contributed by atoms with Crippen LogP contribution in [0.4, 0.5) is 13.2 Å². The number of allylic oxidation sites excluding steroid dienone is 3. The second-order valence-corrected chi connectivity index (χ2v) is 9.20. The van der Waals surface area contributed by atoms with Crippen LogP contribution in [0.3, 0.4) is 0 Å². The Bertz CT molecular complexity index is 445. The Morgan fingerprint density at radius 1 is 0.850 bits per heavy atom. The average molecular weight is 296 g/mol. The molecule has 0 amide bonds. The van der Waals surface area contributed by atoms with Gasteiger partial charge in [-0.3, -0.25) is 0 Å².